The van der Waals surface area contributed by atoms with Gasteiger partial charge >= 0.3 is 0 Å². The number of carbonyl (C=O) groups is 1. The number of carbonyl (C=O) groups excluding carboxylic acids is 1. The normalized spacial score (nSPS) is 16.7. The lowest BCUT2D eigenvalue weighted by Gasteiger charge is -2.20. The van der Waals surface area contributed by atoms with Crippen molar-refractivity contribution in [3.8, 4) is 0 Å². The van der Waals surface area contributed by atoms with Gasteiger partial charge in [0.15, 0.2) is 0 Å². The van der Waals surface area contributed by atoms with Gasteiger partial charge in [-0.25, -0.2) is 4.98 Å². The van der Waals surface area contributed by atoms with E-state index in [0.29, 0.717) is 18.2 Å². The molecule has 1 aliphatic heterocycles. The number of likely N-dealkylation sites (tertiary alicyclic amines) is 1. The Kier molecular flexibility index (Phi) is 5.99. The van der Waals surface area contributed by atoms with Crippen molar-refractivity contribution in [3.05, 3.63) is 23.9 Å². The first-order chi connectivity index (χ1) is 10.2. The largest absolute Gasteiger partial charge is 0.370 e. The lowest BCUT2D eigenvalue weighted by Crippen LogP contribution is -2.34. The van der Waals surface area contributed by atoms with Crippen LogP contribution in [0.15, 0.2) is 18.2 Å². The number of pyridine rings is 1. The number of amides is 1. The molecule has 1 aromatic heterocycles. The average molecular weight is 290 g/mol. The van der Waals surface area contributed by atoms with Crippen LogP contribution < -0.4 is 10.6 Å². The molecule has 1 fully saturated rings. The van der Waals surface area contributed by atoms with Crippen LogP contribution in [0.4, 0.5) is 5.82 Å². The Bertz CT molecular complexity index is 457. The fourth-order valence-corrected chi connectivity index (χ4v) is 2.67. The number of hydrogen-bond donors (Lipinski definition) is 2. The highest BCUT2D eigenvalue weighted by molar-refractivity contribution is 5.92. The Morgan fingerprint density at radius 2 is 2.14 bits per heavy atom. The van der Waals surface area contributed by atoms with E-state index in [-0.39, 0.29) is 5.91 Å². The summed E-state index contributed by atoms with van der Waals surface area (Å²) in [5.74, 6) is 1.11. The first-order valence-electron chi connectivity index (χ1n) is 7.90. The predicted molar refractivity (Wildman–Crippen MR) is 85.6 cm³/mol. The standard InChI is InChI=1S/C16H26N4O/c1-3-17-15-8-6-7-14(19-15)16(21)18-11-13(2)12-20-9-4-5-10-20/h6-8,13H,3-5,9-12H2,1-2H3,(H,17,19)(H,18,21). The van der Waals surface area contributed by atoms with Crippen LogP contribution in [0.25, 0.3) is 0 Å². The summed E-state index contributed by atoms with van der Waals surface area (Å²) in [7, 11) is 0. The van der Waals surface area contributed by atoms with Gasteiger partial charge in [0.2, 0.25) is 0 Å². The van der Waals surface area contributed by atoms with Crippen molar-refractivity contribution >= 4 is 11.7 Å². The molecule has 1 amide bonds. The molecule has 1 saturated heterocycles. The Labute approximate surface area is 127 Å². The molecule has 0 aliphatic carbocycles. The van der Waals surface area contributed by atoms with E-state index in [2.05, 4.69) is 27.4 Å². The van der Waals surface area contributed by atoms with Crippen molar-refractivity contribution in [2.75, 3.05) is 38.0 Å². The lowest BCUT2D eigenvalue weighted by atomic mass is 10.1. The number of nitrogens with zero attached hydrogens (tertiary/aromatic N) is 2. The molecule has 5 heteroatoms. The molecule has 0 saturated carbocycles. The summed E-state index contributed by atoms with van der Waals surface area (Å²) < 4.78 is 0. The van der Waals surface area contributed by atoms with E-state index in [1.165, 1.54) is 25.9 Å². The molecule has 1 aromatic rings. The average Bonchev–Trinajstić information content (AvgIpc) is 2.98. The van der Waals surface area contributed by atoms with Gasteiger partial charge < -0.3 is 15.5 Å². The molecule has 1 unspecified atom stereocenters. The quantitative estimate of drug-likeness (QED) is 0.806. The van der Waals surface area contributed by atoms with E-state index in [1.54, 1.807) is 6.07 Å². The van der Waals surface area contributed by atoms with Crippen LogP contribution in [0.2, 0.25) is 0 Å². The highest BCUT2D eigenvalue weighted by atomic mass is 16.1. The molecule has 116 valence electrons. The Morgan fingerprint density at radius 3 is 2.86 bits per heavy atom. The van der Waals surface area contributed by atoms with Crippen LogP contribution in [0, 0.1) is 5.92 Å². The predicted octanol–water partition coefficient (Wildman–Crippen LogP) is 1.98. The molecular weight excluding hydrogens is 264 g/mol. The summed E-state index contributed by atoms with van der Waals surface area (Å²) in [6.45, 7) is 9.14. The summed E-state index contributed by atoms with van der Waals surface area (Å²) in [4.78, 5) is 18.9. The van der Waals surface area contributed by atoms with E-state index < -0.39 is 0 Å². The minimum Gasteiger partial charge on any atom is -0.370 e. The zero-order chi connectivity index (χ0) is 15.1. The van der Waals surface area contributed by atoms with E-state index in [0.717, 1.165) is 18.9 Å². The minimum atomic E-state index is -0.0944. The molecule has 0 aromatic carbocycles. The van der Waals surface area contributed by atoms with E-state index >= 15 is 0 Å². The molecule has 5 nitrogen and oxygen atoms in total. The van der Waals surface area contributed by atoms with Crippen molar-refractivity contribution in [3.63, 3.8) is 0 Å². The van der Waals surface area contributed by atoms with Crippen molar-refractivity contribution in [1.29, 1.82) is 0 Å². The Balaban J connectivity index is 1.79. The van der Waals surface area contributed by atoms with Crippen LogP contribution in [0.5, 0.6) is 0 Å². The van der Waals surface area contributed by atoms with Gasteiger partial charge in [0.25, 0.3) is 5.91 Å². The Morgan fingerprint density at radius 1 is 1.38 bits per heavy atom. The number of hydrogen-bond acceptors (Lipinski definition) is 4. The summed E-state index contributed by atoms with van der Waals surface area (Å²) in [5.41, 5.74) is 0.474. The first-order valence-corrected chi connectivity index (χ1v) is 7.90. The maximum Gasteiger partial charge on any atom is 0.269 e. The number of rotatable bonds is 7. The van der Waals surface area contributed by atoms with Gasteiger partial charge in [-0.3, -0.25) is 4.79 Å². The van der Waals surface area contributed by atoms with Gasteiger partial charge in [0.1, 0.15) is 11.5 Å². The smallest absolute Gasteiger partial charge is 0.269 e. The summed E-state index contributed by atoms with van der Waals surface area (Å²) in [6, 6.07) is 5.48. The number of aromatic nitrogens is 1. The summed E-state index contributed by atoms with van der Waals surface area (Å²) in [6.07, 6.45) is 2.61. The third-order valence-corrected chi connectivity index (χ3v) is 3.72. The third kappa shape index (κ3) is 5.01. The van der Waals surface area contributed by atoms with Gasteiger partial charge in [0, 0.05) is 19.6 Å². The maximum absolute atomic E-state index is 12.1. The number of anilines is 1. The van der Waals surface area contributed by atoms with Crippen LogP contribution in [-0.4, -0.2) is 48.5 Å². The zero-order valence-corrected chi connectivity index (χ0v) is 13.1. The minimum absolute atomic E-state index is 0.0944. The molecule has 21 heavy (non-hydrogen) atoms. The summed E-state index contributed by atoms with van der Waals surface area (Å²) >= 11 is 0. The molecule has 1 atom stereocenters. The van der Waals surface area contributed by atoms with Gasteiger partial charge in [-0.05, 0) is 50.9 Å². The van der Waals surface area contributed by atoms with Crippen molar-refractivity contribution < 1.29 is 4.79 Å². The van der Waals surface area contributed by atoms with Crippen molar-refractivity contribution in [1.82, 2.24) is 15.2 Å². The van der Waals surface area contributed by atoms with Gasteiger partial charge in [-0.2, -0.15) is 0 Å². The summed E-state index contributed by atoms with van der Waals surface area (Å²) in [5, 5.41) is 6.10. The van der Waals surface area contributed by atoms with E-state index in [9.17, 15) is 4.79 Å². The second-order valence-electron chi connectivity index (χ2n) is 5.76. The maximum atomic E-state index is 12.1. The van der Waals surface area contributed by atoms with Gasteiger partial charge in [-0.15, -0.1) is 0 Å². The van der Waals surface area contributed by atoms with Crippen LogP contribution in [0.3, 0.4) is 0 Å². The molecule has 1 aliphatic rings. The molecule has 2 N–H and O–H groups in total. The molecule has 0 spiro atoms. The molecule has 2 rings (SSSR count). The van der Waals surface area contributed by atoms with E-state index in [4.69, 9.17) is 0 Å². The van der Waals surface area contributed by atoms with Crippen LogP contribution in [-0.2, 0) is 0 Å². The highest BCUT2D eigenvalue weighted by Crippen LogP contribution is 2.10. The topological polar surface area (TPSA) is 57.3 Å². The molecule has 0 radical (unpaired) electrons. The van der Waals surface area contributed by atoms with Gasteiger partial charge in [0.05, 0.1) is 0 Å². The second kappa shape index (κ2) is 7.98. The lowest BCUT2D eigenvalue weighted by molar-refractivity contribution is 0.0940. The zero-order valence-electron chi connectivity index (χ0n) is 13.1. The van der Waals surface area contributed by atoms with Crippen molar-refractivity contribution in [2.45, 2.75) is 26.7 Å². The Hall–Kier alpha value is -1.62. The van der Waals surface area contributed by atoms with Gasteiger partial charge in [-0.1, -0.05) is 13.0 Å². The SMILES string of the molecule is CCNc1cccc(C(=O)NCC(C)CN2CCCC2)n1. The fourth-order valence-electron chi connectivity index (χ4n) is 2.67. The first kappa shape index (κ1) is 15.8. The fraction of sp³-hybridized carbons (Fsp3) is 0.625. The molecule has 2 heterocycles. The van der Waals surface area contributed by atoms with E-state index in [1.807, 2.05) is 19.1 Å². The van der Waals surface area contributed by atoms with Crippen molar-refractivity contribution in [2.24, 2.45) is 5.92 Å². The highest BCUT2D eigenvalue weighted by Gasteiger charge is 2.15. The number of nitrogens with one attached hydrogen (secondary N) is 2. The second-order valence-corrected chi connectivity index (χ2v) is 5.76. The van der Waals surface area contributed by atoms with Crippen LogP contribution >= 0.6 is 0 Å². The van der Waals surface area contributed by atoms with Crippen LogP contribution in [0.1, 0.15) is 37.2 Å². The third-order valence-electron chi connectivity index (χ3n) is 3.72. The molecule has 0 bridgehead atoms. The monoisotopic (exact) mass is 290 g/mol. The molecular formula is C16H26N4O.